The minimum Gasteiger partial charge on any atom is -0.465 e. The van der Waals surface area contributed by atoms with E-state index in [0.29, 0.717) is 17.2 Å². The fourth-order valence-corrected chi connectivity index (χ4v) is 2.53. The lowest BCUT2D eigenvalue weighted by atomic mass is 10.2. The Balaban J connectivity index is 1.88. The molecule has 1 heterocycles. The monoisotopic (exact) mass is 348 g/mol. The topological polar surface area (TPSA) is 67.3 Å². The van der Waals surface area contributed by atoms with Gasteiger partial charge in [-0.3, -0.25) is 0 Å². The van der Waals surface area contributed by atoms with Crippen molar-refractivity contribution in [2.24, 2.45) is 0 Å². The second-order valence-corrected chi connectivity index (χ2v) is 5.78. The van der Waals surface area contributed by atoms with Gasteiger partial charge in [-0.1, -0.05) is 24.3 Å². The van der Waals surface area contributed by atoms with Crippen molar-refractivity contribution in [2.75, 3.05) is 24.4 Å². The molecular formula is C20H20N4O2. The number of benzene rings is 2. The summed E-state index contributed by atoms with van der Waals surface area (Å²) in [7, 11) is 3.32. The zero-order valence-corrected chi connectivity index (χ0v) is 14.9. The average Bonchev–Trinajstić information content (AvgIpc) is 2.67. The highest BCUT2D eigenvalue weighted by atomic mass is 16.5. The van der Waals surface area contributed by atoms with Crippen molar-refractivity contribution < 1.29 is 9.53 Å². The van der Waals surface area contributed by atoms with Crippen LogP contribution in [-0.2, 0) is 4.74 Å². The Morgan fingerprint density at radius 3 is 2.54 bits per heavy atom. The van der Waals surface area contributed by atoms with E-state index in [1.165, 1.54) is 7.11 Å². The smallest absolute Gasteiger partial charge is 0.337 e. The first-order chi connectivity index (χ1) is 12.6. The summed E-state index contributed by atoms with van der Waals surface area (Å²) in [5.41, 5.74) is 3.05. The third-order valence-electron chi connectivity index (χ3n) is 3.87. The van der Waals surface area contributed by atoms with Crippen LogP contribution in [0.15, 0.2) is 60.7 Å². The van der Waals surface area contributed by atoms with Gasteiger partial charge in [0.1, 0.15) is 5.82 Å². The van der Waals surface area contributed by atoms with Gasteiger partial charge in [0.25, 0.3) is 0 Å². The molecular weight excluding hydrogens is 328 g/mol. The summed E-state index contributed by atoms with van der Waals surface area (Å²) >= 11 is 0. The van der Waals surface area contributed by atoms with E-state index in [4.69, 9.17) is 4.74 Å². The Kier molecular flexibility index (Phi) is 5.12. The van der Waals surface area contributed by atoms with Crippen LogP contribution in [0, 0.1) is 6.92 Å². The van der Waals surface area contributed by atoms with Crippen molar-refractivity contribution in [2.45, 2.75) is 6.92 Å². The SMILES string of the molecule is COC(=O)c1cccc(Nc2nc(C)cc(N(C)c3ccccc3)n2)c1. The molecule has 0 aliphatic carbocycles. The molecule has 3 rings (SSSR count). The Hall–Kier alpha value is -3.41. The summed E-state index contributed by atoms with van der Waals surface area (Å²) < 4.78 is 4.76. The predicted molar refractivity (Wildman–Crippen MR) is 102 cm³/mol. The molecule has 6 nitrogen and oxygen atoms in total. The number of aromatic nitrogens is 2. The molecule has 0 aliphatic heterocycles. The maximum Gasteiger partial charge on any atom is 0.337 e. The van der Waals surface area contributed by atoms with E-state index in [9.17, 15) is 4.79 Å². The normalized spacial score (nSPS) is 10.3. The van der Waals surface area contributed by atoms with Crippen LogP contribution >= 0.6 is 0 Å². The lowest BCUT2D eigenvalue weighted by molar-refractivity contribution is 0.0601. The van der Waals surface area contributed by atoms with Gasteiger partial charge in [-0.05, 0) is 37.3 Å². The summed E-state index contributed by atoms with van der Waals surface area (Å²) in [6.07, 6.45) is 0. The summed E-state index contributed by atoms with van der Waals surface area (Å²) in [6, 6.07) is 18.9. The number of esters is 1. The van der Waals surface area contributed by atoms with Crippen LogP contribution in [0.5, 0.6) is 0 Å². The van der Waals surface area contributed by atoms with Crippen LogP contribution < -0.4 is 10.2 Å². The van der Waals surface area contributed by atoms with Gasteiger partial charge in [-0.2, -0.15) is 4.98 Å². The Morgan fingerprint density at radius 2 is 1.81 bits per heavy atom. The predicted octanol–water partition coefficient (Wildman–Crippen LogP) is 4.08. The standard InChI is InChI=1S/C20H20N4O2/c1-14-12-18(24(2)17-10-5-4-6-11-17)23-20(21-14)22-16-9-7-8-15(13-16)19(25)26-3/h4-13H,1-3H3,(H,21,22,23). The molecule has 0 fully saturated rings. The maximum absolute atomic E-state index is 11.7. The number of hydrogen-bond acceptors (Lipinski definition) is 6. The third kappa shape index (κ3) is 3.97. The van der Waals surface area contributed by atoms with E-state index in [1.54, 1.807) is 18.2 Å². The van der Waals surface area contributed by atoms with Gasteiger partial charge < -0.3 is 15.0 Å². The second kappa shape index (κ2) is 7.65. The van der Waals surface area contributed by atoms with Crippen molar-refractivity contribution in [1.29, 1.82) is 0 Å². The average molecular weight is 348 g/mol. The Morgan fingerprint density at radius 1 is 1.04 bits per heavy atom. The van der Waals surface area contributed by atoms with E-state index < -0.39 is 0 Å². The highest BCUT2D eigenvalue weighted by Crippen LogP contribution is 2.24. The number of hydrogen-bond donors (Lipinski definition) is 1. The van der Waals surface area contributed by atoms with E-state index in [-0.39, 0.29) is 5.97 Å². The van der Waals surface area contributed by atoms with E-state index in [0.717, 1.165) is 17.2 Å². The van der Waals surface area contributed by atoms with Crippen LogP contribution in [0.2, 0.25) is 0 Å². The van der Waals surface area contributed by atoms with Gasteiger partial charge in [0.05, 0.1) is 12.7 Å². The number of para-hydroxylation sites is 1. The number of nitrogens with one attached hydrogen (secondary N) is 1. The van der Waals surface area contributed by atoms with Crippen LogP contribution in [0.25, 0.3) is 0 Å². The van der Waals surface area contributed by atoms with Gasteiger partial charge in [0, 0.05) is 30.2 Å². The molecule has 0 bridgehead atoms. The molecule has 0 spiro atoms. The highest BCUT2D eigenvalue weighted by Gasteiger charge is 2.10. The molecule has 0 aliphatic rings. The second-order valence-electron chi connectivity index (χ2n) is 5.78. The van der Waals surface area contributed by atoms with Crippen molar-refractivity contribution in [1.82, 2.24) is 9.97 Å². The first kappa shape index (κ1) is 17.4. The number of carbonyl (C=O) groups excluding carboxylic acids is 1. The van der Waals surface area contributed by atoms with Crippen LogP contribution in [0.1, 0.15) is 16.1 Å². The van der Waals surface area contributed by atoms with Crippen LogP contribution in [0.3, 0.4) is 0 Å². The molecule has 1 N–H and O–H groups in total. The highest BCUT2D eigenvalue weighted by molar-refractivity contribution is 5.90. The van der Waals surface area contributed by atoms with Gasteiger partial charge in [-0.15, -0.1) is 0 Å². The summed E-state index contributed by atoms with van der Waals surface area (Å²) in [5, 5.41) is 3.15. The number of nitrogens with zero attached hydrogens (tertiary/aromatic N) is 3. The Bertz CT molecular complexity index is 913. The summed E-state index contributed by atoms with van der Waals surface area (Å²) in [6.45, 7) is 1.92. The van der Waals surface area contributed by atoms with Crippen molar-refractivity contribution in [3.63, 3.8) is 0 Å². The maximum atomic E-state index is 11.7. The molecule has 1 aromatic heterocycles. The van der Waals surface area contributed by atoms with E-state index >= 15 is 0 Å². The molecule has 0 saturated carbocycles. The zero-order valence-electron chi connectivity index (χ0n) is 14.9. The molecule has 0 saturated heterocycles. The van der Waals surface area contributed by atoms with E-state index in [2.05, 4.69) is 15.3 Å². The molecule has 0 unspecified atom stereocenters. The lowest BCUT2D eigenvalue weighted by Crippen LogP contribution is -2.13. The minimum absolute atomic E-state index is 0.386. The molecule has 3 aromatic rings. The van der Waals surface area contributed by atoms with Gasteiger partial charge >= 0.3 is 5.97 Å². The van der Waals surface area contributed by atoms with Crippen molar-refractivity contribution >= 4 is 29.1 Å². The quantitative estimate of drug-likeness (QED) is 0.701. The number of rotatable bonds is 5. The molecule has 2 aromatic carbocycles. The fraction of sp³-hybridized carbons (Fsp3) is 0.150. The van der Waals surface area contributed by atoms with Crippen molar-refractivity contribution in [3.8, 4) is 0 Å². The number of anilines is 4. The molecule has 26 heavy (non-hydrogen) atoms. The molecule has 0 atom stereocenters. The lowest BCUT2D eigenvalue weighted by Gasteiger charge is -2.19. The first-order valence-electron chi connectivity index (χ1n) is 8.16. The van der Waals surface area contributed by atoms with Gasteiger partial charge in [-0.25, -0.2) is 9.78 Å². The number of carbonyl (C=O) groups is 1. The van der Waals surface area contributed by atoms with E-state index in [1.807, 2.05) is 61.3 Å². The minimum atomic E-state index is -0.386. The molecule has 0 amide bonds. The van der Waals surface area contributed by atoms with Crippen LogP contribution in [-0.4, -0.2) is 30.1 Å². The summed E-state index contributed by atoms with van der Waals surface area (Å²) in [5.74, 6) is 0.850. The molecule has 6 heteroatoms. The Labute approximate surface area is 152 Å². The largest absolute Gasteiger partial charge is 0.465 e. The number of ether oxygens (including phenoxy) is 1. The van der Waals surface area contributed by atoms with Gasteiger partial charge in [0.2, 0.25) is 5.95 Å². The summed E-state index contributed by atoms with van der Waals surface area (Å²) in [4.78, 5) is 22.7. The fourth-order valence-electron chi connectivity index (χ4n) is 2.53. The van der Waals surface area contributed by atoms with Gasteiger partial charge in [0.15, 0.2) is 0 Å². The van der Waals surface area contributed by atoms with Crippen molar-refractivity contribution in [3.05, 3.63) is 71.9 Å². The number of methoxy groups -OCH3 is 1. The zero-order chi connectivity index (χ0) is 18.5. The molecule has 132 valence electrons. The van der Waals surface area contributed by atoms with Crippen LogP contribution in [0.4, 0.5) is 23.1 Å². The number of aryl methyl sites for hydroxylation is 1. The molecule has 0 radical (unpaired) electrons. The first-order valence-corrected chi connectivity index (χ1v) is 8.16. The third-order valence-corrected chi connectivity index (χ3v) is 3.87.